The number of allylic oxidation sites excluding steroid dienone is 12. The van der Waals surface area contributed by atoms with Crippen molar-refractivity contribution in [3.63, 3.8) is 0 Å². The van der Waals surface area contributed by atoms with Crippen LogP contribution in [0.5, 0.6) is 0 Å². The summed E-state index contributed by atoms with van der Waals surface area (Å²) in [5.74, 6) is -0.905. The summed E-state index contributed by atoms with van der Waals surface area (Å²) in [6.07, 6.45) is 68.9. The van der Waals surface area contributed by atoms with E-state index in [0.717, 1.165) is 122 Å². The van der Waals surface area contributed by atoms with Gasteiger partial charge in [-0.2, -0.15) is 0 Å². The molecule has 0 aromatic rings. The Bertz CT molecular complexity index is 1240. The van der Waals surface area contributed by atoms with E-state index in [1.165, 1.54) is 109 Å². The van der Waals surface area contributed by atoms with Crippen LogP contribution in [0.25, 0.3) is 0 Å². The number of esters is 3. The van der Waals surface area contributed by atoms with Crippen LogP contribution in [0.3, 0.4) is 0 Å². The second-order valence-corrected chi connectivity index (χ2v) is 18.5. The Morgan fingerprint density at radius 2 is 0.591 bits per heavy atom. The van der Waals surface area contributed by atoms with Crippen molar-refractivity contribution in [3.8, 4) is 0 Å². The molecule has 0 rings (SSSR count). The minimum Gasteiger partial charge on any atom is -0.462 e. The standard InChI is InChI=1S/C60H104O6/c1-4-7-10-13-16-19-22-24-26-28-29-30-31-32-34-35-38-41-44-47-50-53-59(62)65-56-57(55-64-58(61)52-49-46-43-40-37-21-18-15-12-9-6-3)66-60(63)54-51-48-45-42-39-36-33-27-25-23-20-17-14-11-8-5-2/h7,10,16,19,24,26-27,29-30,32-34,57H,4-6,8-9,11-15,17-18,20-23,25,28,31,35-56H2,1-3H3/b10-7-,19-16-,26-24-,30-29-,33-27-,34-32-. The minimum absolute atomic E-state index is 0.0831. The van der Waals surface area contributed by atoms with Gasteiger partial charge in [-0.1, -0.05) is 235 Å². The van der Waals surface area contributed by atoms with Crippen molar-refractivity contribution in [1.82, 2.24) is 0 Å². The Morgan fingerprint density at radius 1 is 0.318 bits per heavy atom. The summed E-state index contributed by atoms with van der Waals surface area (Å²) in [4.78, 5) is 38.1. The van der Waals surface area contributed by atoms with Crippen LogP contribution in [-0.4, -0.2) is 37.2 Å². The molecule has 0 heterocycles. The molecule has 0 bridgehead atoms. The number of rotatable bonds is 50. The maximum Gasteiger partial charge on any atom is 0.306 e. The molecule has 0 aromatic heterocycles. The molecule has 0 saturated carbocycles. The molecular weight excluding hydrogens is 817 g/mol. The third-order valence-electron chi connectivity index (χ3n) is 11.9. The molecule has 1 atom stereocenters. The van der Waals surface area contributed by atoms with E-state index in [1.807, 2.05) is 0 Å². The molecule has 6 heteroatoms. The predicted octanol–water partition coefficient (Wildman–Crippen LogP) is 18.6. The lowest BCUT2D eigenvalue weighted by atomic mass is 10.1. The minimum atomic E-state index is -0.786. The summed E-state index contributed by atoms with van der Waals surface area (Å²) in [5, 5.41) is 0. The Morgan fingerprint density at radius 3 is 0.939 bits per heavy atom. The summed E-state index contributed by atoms with van der Waals surface area (Å²) in [6, 6.07) is 0. The summed E-state index contributed by atoms with van der Waals surface area (Å²) in [7, 11) is 0. The Hall–Kier alpha value is -3.15. The van der Waals surface area contributed by atoms with Gasteiger partial charge in [0, 0.05) is 19.3 Å². The zero-order valence-electron chi connectivity index (χ0n) is 43.4. The summed E-state index contributed by atoms with van der Waals surface area (Å²) in [6.45, 7) is 6.51. The van der Waals surface area contributed by atoms with Crippen LogP contribution in [0.15, 0.2) is 72.9 Å². The molecular formula is C60H104O6. The smallest absolute Gasteiger partial charge is 0.306 e. The van der Waals surface area contributed by atoms with Crippen LogP contribution in [0, 0.1) is 0 Å². The second-order valence-electron chi connectivity index (χ2n) is 18.5. The molecule has 0 saturated heterocycles. The van der Waals surface area contributed by atoms with E-state index in [9.17, 15) is 14.4 Å². The maximum atomic E-state index is 12.8. The van der Waals surface area contributed by atoms with E-state index in [-0.39, 0.29) is 31.1 Å². The van der Waals surface area contributed by atoms with Crippen molar-refractivity contribution in [3.05, 3.63) is 72.9 Å². The van der Waals surface area contributed by atoms with E-state index in [1.54, 1.807) is 0 Å². The molecule has 6 nitrogen and oxygen atoms in total. The second kappa shape index (κ2) is 54.5. The summed E-state index contributed by atoms with van der Waals surface area (Å²) >= 11 is 0. The van der Waals surface area contributed by atoms with Gasteiger partial charge in [0.2, 0.25) is 0 Å². The maximum absolute atomic E-state index is 12.8. The lowest BCUT2D eigenvalue weighted by Gasteiger charge is -2.18. The van der Waals surface area contributed by atoms with Gasteiger partial charge in [0.1, 0.15) is 13.2 Å². The van der Waals surface area contributed by atoms with Crippen LogP contribution in [-0.2, 0) is 28.6 Å². The predicted molar refractivity (Wildman–Crippen MR) is 284 cm³/mol. The average molecular weight is 921 g/mol. The van der Waals surface area contributed by atoms with Crippen LogP contribution < -0.4 is 0 Å². The van der Waals surface area contributed by atoms with Gasteiger partial charge < -0.3 is 14.2 Å². The fraction of sp³-hybridized carbons (Fsp3) is 0.750. The first-order valence-electron chi connectivity index (χ1n) is 27.9. The molecule has 0 fully saturated rings. The molecule has 0 aromatic carbocycles. The van der Waals surface area contributed by atoms with Gasteiger partial charge in [0.15, 0.2) is 6.10 Å². The quantitative estimate of drug-likeness (QED) is 0.0262. The zero-order valence-corrected chi connectivity index (χ0v) is 43.4. The molecule has 0 amide bonds. The third kappa shape index (κ3) is 51.8. The van der Waals surface area contributed by atoms with Crippen molar-refractivity contribution < 1.29 is 28.6 Å². The highest BCUT2D eigenvalue weighted by atomic mass is 16.6. The third-order valence-corrected chi connectivity index (χ3v) is 11.9. The van der Waals surface area contributed by atoms with Crippen molar-refractivity contribution in [2.45, 2.75) is 277 Å². The summed E-state index contributed by atoms with van der Waals surface area (Å²) < 4.78 is 16.8. The highest BCUT2D eigenvalue weighted by Gasteiger charge is 2.19. The molecule has 0 radical (unpaired) electrons. The van der Waals surface area contributed by atoms with E-state index in [4.69, 9.17) is 14.2 Å². The monoisotopic (exact) mass is 921 g/mol. The number of unbranched alkanes of at least 4 members (excludes halogenated alkanes) is 27. The topological polar surface area (TPSA) is 78.9 Å². The molecule has 1 unspecified atom stereocenters. The number of ether oxygens (including phenoxy) is 3. The Balaban J connectivity index is 4.38. The highest BCUT2D eigenvalue weighted by molar-refractivity contribution is 5.71. The van der Waals surface area contributed by atoms with E-state index in [2.05, 4.69) is 93.7 Å². The number of hydrogen-bond donors (Lipinski definition) is 0. The van der Waals surface area contributed by atoms with Gasteiger partial charge in [-0.05, 0) is 89.9 Å². The zero-order chi connectivity index (χ0) is 47.9. The molecule has 0 aliphatic heterocycles. The average Bonchev–Trinajstić information content (AvgIpc) is 3.31. The fourth-order valence-electron chi connectivity index (χ4n) is 7.76. The summed E-state index contributed by atoms with van der Waals surface area (Å²) in [5.41, 5.74) is 0. The Kier molecular flexibility index (Phi) is 51.9. The molecule has 380 valence electrons. The van der Waals surface area contributed by atoms with Crippen LogP contribution in [0.1, 0.15) is 271 Å². The van der Waals surface area contributed by atoms with Crippen LogP contribution >= 0.6 is 0 Å². The lowest BCUT2D eigenvalue weighted by molar-refractivity contribution is -0.167. The van der Waals surface area contributed by atoms with Gasteiger partial charge in [0.05, 0.1) is 0 Å². The largest absolute Gasteiger partial charge is 0.462 e. The van der Waals surface area contributed by atoms with Gasteiger partial charge >= 0.3 is 17.9 Å². The molecule has 0 aliphatic carbocycles. The molecule has 0 spiro atoms. The van der Waals surface area contributed by atoms with E-state index >= 15 is 0 Å². The number of carbonyl (C=O) groups excluding carboxylic acids is 3. The highest BCUT2D eigenvalue weighted by Crippen LogP contribution is 2.15. The van der Waals surface area contributed by atoms with Crippen LogP contribution in [0.2, 0.25) is 0 Å². The first-order valence-corrected chi connectivity index (χ1v) is 27.9. The van der Waals surface area contributed by atoms with Crippen molar-refractivity contribution in [2.24, 2.45) is 0 Å². The van der Waals surface area contributed by atoms with Gasteiger partial charge in [-0.15, -0.1) is 0 Å². The number of hydrogen-bond acceptors (Lipinski definition) is 6. The van der Waals surface area contributed by atoms with Crippen molar-refractivity contribution in [1.29, 1.82) is 0 Å². The van der Waals surface area contributed by atoms with Gasteiger partial charge in [-0.25, -0.2) is 0 Å². The SMILES string of the molecule is CC/C=C\C/C=C\C/C=C\C/C=C\C/C=C\CCCCCCCC(=O)OCC(COC(=O)CCCCCCCCCCCCC)OC(=O)CCCCCCC/C=C\CCCCCCCCC. The van der Waals surface area contributed by atoms with Crippen molar-refractivity contribution in [2.75, 3.05) is 13.2 Å². The Labute approximate surface area is 408 Å². The first kappa shape index (κ1) is 62.8. The van der Waals surface area contributed by atoms with E-state index < -0.39 is 6.10 Å². The number of carbonyl (C=O) groups is 3. The van der Waals surface area contributed by atoms with Gasteiger partial charge in [-0.3, -0.25) is 14.4 Å². The van der Waals surface area contributed by atoms with Gasteiger partial charge in [0.25, 0.3) is 0 Å². The molecule has 66 heavy (non-hydrogen) atoms. The van der Waals surface area contributed by atoms with Crippen molar-refractivity contribution >= 4 is 17.9 Å². The normalized spacial score (nSPS) is 12.6. The molecule has 0 aliphatic rings. The van der Waals surface area contributed by atoms with Crippen LogP contribution in [0.4, 0.5) is 0 Å². The first-order chi connectivity index (χ1) is 32.5. The molecule has 0 N–H and O–H groups in total. The fourth-order valence-corrected chi connectivity index (χ4v) is 7.76. The lowest BCUT2D eigenvalue weighted by Crippen LogP contribution is -2.30. The van der Waals surface area contributed by atoms with E-state index in [0.29, 0.717) is 19.3 Å².